The molecular formula is C32H40F8O2. The van der Waals surface area contributed by atoms with E-state index in [0.717, 1.165) is 18.8 Å². The molecule has 2 nitrogen and oxygen atoms in total. The highest BCUT2D eigenvalue weighted by atomic mass is 19.3. The molecule has 3 aliphatic rings. The fourth-order valence-electron chi connectivity index (χ4n) is 7.33. The van der Waals surface area contributed by atoms with Crippen molar-refractivity contribution in [1.82, 2.24) is 0 Å². The van der Waals surface area contributed by atoms with Crippen LogP contribution in [0.3, 0.4) is 0 Å². The standard InChI is InChI=1S/C32H40F8O2/c1-2-3-19-4-6-20(7-5-19)21-8-10-22(11-9-21)29(37)30(38)23-12-14-24(15-13-23)32(39,40)42-25-16-26(33)31(27(34)17-25)41-18-28(35)36/h16-24H,2-15H2,1H3. The molecule has 1 aromatic rings. The van der Waals surface area contributed by atoms with Crippen molar-refractivity contribution in [3.8, 4) is 11.5 Å². The van der Waals surface area contributed by atoms with Crippen LogP contribution in [-0.2, 0) is 0 Å². The highest BCUT2D eigenvalue weighted by Gasteiger charge is 2.45. The zero-order chi connectivity index (χ0) is 30.4. The first-order valence-electron chi connectivity index (χ1n) is 15.3. The first-order chi connectivity index (χ1) is 20.0. The highest BCUT2D eigenvalue weighted by Crippen LogP contribution is 2.47. The quantitative estimate of drug-likeness (QED) is 0.194. The van der Waals surface area contributed by atoms with Crippen molar-refractivity contribution in [2.45, 2.75) is 103 Å². The zero-order valence-corrected chi connectivity index (χ0v) is 23.9. The third kappa shape index (κ3) is 8.22. The molecule has 42 heavy (non-hydrogen) atoms. The first kappa shape index (κ1) is 32.6. The molecule has 0 bridgehead atoms. The van der Waals surface area contributed by atoms with Gasteiger partial charge in [0.1, 0.15) is 17.4 Å². The van der Waals surface area contributed by atoms with E-state index in [1.54, 1.807) is 0 Å². The number of rotatable bonds is 10. The Morgan fingerprint density at radius 3 is 1.71 bits per heavy atom. The predicted octanol–water partition coefficient (Wildman–Crippen LogP) is 11.4. The van der Waals surface area contributed by atoms with Gasteiger partial charge in [-0.2, -0.15) is 17.6 Å². The Morgan fingerprint density at radius 2 is 1.24 bits per heavy atom. The van der Waals surface area contributed by atoms with Gasteiger partial charge in [0.2, 0.25) is 0 Å². The monoisotopic (exact) mass is 608 g/mol. The molecule has 0 unspecified atom stereocenters. The number of hydrogen-bond donors (Lipinski definition) is 0. The van der Waals surface area contributed by atoms with Crippen LogP contribution in [0, 0.1) is 47.1 Å². The summed E-state index contributed by atoms with van der Waals surface area (Å²) in [7, 11) is 0. The van der Waals surface area contributed by atoms with E-state index in [-0.39, 0.29) is 31.9 Å². The predicted molar refractivity (Wildman–Crippen MR) is 143 cm³/mol. The van der Waals surface area contributed by atoms with Crippen molar-refractivity contribution >= 4 is 0 Å². The van der Waals surface area contributed by atoms with E-state index < -0.39 is 64.7 Å². The zero-order valence-electron chi connectivity index (χ0n) is 23.9. The van der Waals surface area contributed by atoms with E-state index in [1.807, 2.05) is 0 Å². The third-order valence-electron chi connectivity index (χ3n) is 9.67. The summed E-state index contributed by atoms with van der Waals surface area (Å²) in [6.45, 7) is 2.22. The van der Waals surface area contributed by atoms with Gasteiger partial charge in [0.15, 0.2) is 23.6 Å². The lowest BCUT2D eigenvalue weighted by atomic mass is 9.68. The Labute approximate surface area is 242 Å². The lowest BCUT2D eigenvalue weighted by Gasteiger charge is -2.38. The van der Waals surface area contributed by atoms with Crippen molar-refractivity contribution in [2.75, 3.05) is 0 Å². The molecule has 0 amide bonds. The summed E-state index contributed by atoms with van der Waals surface area (Å²) in [6, 6.07) is 0.817. The summed E-state index contributed by atoms with van der Waals surface area (Å²) < 4.78 is 121. The molecule has 0 aromatic heterocycles. The molecule has 0 saturated heterocycles. The molecule has 4 rings (SSSR count). The van der Waals surface area contributed by atoms with Crippen LogP contribution in [0.5, 0.6) is 11.5 Å². The Hall–Kier alpha value is -2.26. The molecular weight excluding hydrogens is 568 g/mol. The molecule has 0 spiro atoms. The molecule has 3 aliphatic carbocycles. The van der Waals surface area contributed by atoms with E-state index in [2.05, 4.69) is 16.4 Å². The van der Waals surface area contributed by atoms with Crippen molar-refractivity contribution in [1.29, 1.82) is 0 Å². The average molecular weight is 609 g/mol. The topological polar surface area (TPSA) is 18.5 Å². The molecule has 0 radical (unpaired) electrons. The van der Waals surface area contributed by atoms with Gasteiger partial charge in [-0.1, -0.05) is 32.6 Å². The number of benzene rings is 1. The Bertz CT molecular complexity index is 1070. The minimum atomic E-state index is -3.84. The number of allylic oxidation sites excluding steroid dienone is 2. The second-order valence-electron chi connectivity index (χ2n) is 12.3. The minimum absolute atomic E-state index is 0.00412. The Balaban J connectivity index is 1.27. The average Bonchev–Trinajstić information content (AvgIpc) is 2.96. The molecule has 3 saturated carbocycles. The van der Waals surface area contributed by atoms with Gasteiger partial charge in [0, 0.05) is 24.0 Å². The van der Waals surface area contributed by atoms with Gasteiger partial charge in [-0.3, -0.25) is 0 Å². The molecule has 0 heterocycles. The molecule has 0 atom stereocenters. The molecule has 0 N–H and O–H groups in total. The normalized spacial score (nSPS) is 29.5. The summed E-state index contributed by atoms with van der Waals surface area (Å²) in [5.41, 5.74) is 0. The van der Waals surface area contributed by atoms with E-state index in [9.17, 15) is 26.3 Å². The van der Waals surface area contributed by atoms with E-state index >= 15 is 8.78 Å². The number of ether oxygens (including phenoxy) is 2. The Morgan fingerprint density at radius 1 is 0.762 bits per heavy atom. The number of alkyl halides is 2. The smallest absolute Gasteiger partial charge is 0.400 e. The van der Waals surface area contributed by atoms with E-state index in [1.165, 1.54) is 38.5 Å². The highest BCUT2D eigenvalue weighted by molar-refractivity contribution is 5.35. The van der Waals surface area contributed by atoms with E-state index in [0.29, 0.717) is 36.8 Å². The second kappa shape index (κ2) is 14.5. The number of hydrogen-bond acceptors (Lipinski definition) is 2. The summed E-state index contributed by atoms with van der Waals surface area (Å²) >= 11 is 0. The van der Waals surface area contributed by atoms with Crippen LogP contribution >= 0.6 is 0 Å². The Kier molecular flexibility index (Phi) is 11.3. The van der Waals surface area contributed by atoms with Crippen LogP contribution in [0.15, 0.2) is 36.1 Å². The summed E-state index contributed by atoms with van der Waals surface area (Å²) in [4.78, 5) is 0. The molecule has 236 valence electrons. The van der Waals surface area contributed by atoms with Gasteiger partial charge < -0.3 is 9.47 Å². The molecule has 0 aliphatic heterocycles. The van der Waals surface area contributed by atoms with Gasteiger partial charge in [0.05, 0.1) is 5.92 Å². The third-order valence-corrected chi connectivity index (χ3v) is 9.67. The van der Waals surface area contributed by atoms with Gasteiger partial charge in [-0.15, -0.1) is 0 Å². The van der Waals surface area contributed by atoms with Crippen molar-refractivity contribution in [3.05, 3.63) is 47.8 Å². The maximum absolute atomic E-state index is 15.2. The van der Waals surface area contributed by atoms with Crippen LogP contribution in [0.4, 0.5) is 35.1 Å². The minimum Gasteiger partial charge on any atom is -0.453 e. The van der Waals surface area contributed by atoms with Crippen LogP contribution in [0.2, 0.25) is 0 Å². The van der Waals surface area contributed by atoms with Gasteiger partial charge in [-0.25, -0.2) is 17.6 Å². The fourth-order valence-corrected chi connectivity index (χ4v) is 7.33. The second-order valence-corrected chi connectivity index (χ2v) is 12.3. The fraction of sp³-hybridized carbons (Fsp3) is 0.688. The largest absolute Gasteiger partial charge is 0.453 e. The van der Waals surface area contributed by atoms with Crippen molar-refractivity contribution in [3.63, 3.8) is 0 Å². The van der Waals surface area contributed by atoms with E-state index in [4.69, 9.17) is 0 Å². The van der Waals surface area contributed by atoms with Crippen LogP contribution in [0.25, 0.3) is 0 Å². The molecule has 1 aromatic carbocycles. The lowest BCUT2D eigenvalue weighted by molar-refractivity contribution is -0.223. The SMILES string of the molecule is CCCC1CCC(C2CCC(C(F)=C(F)C3CCC(C(F)(F)Oc4cc(F)c(OC=C(F)F)c(F)c4)CC3)CC2)CC1. The van der Waals surface area contributed by atoms with Gasteiger partial charge in [0.25, 0.3) is 0 Å². The van der Waals surface area contributed by atoms with Crippen LogP contribution in [0.1, 0.15) is 96.8 Å². The van der Waals surface area contributed by atoms with Crippen LogP contribution in [-0.4, -0.2) is 6.11 Å². The maximum atomic E-state index is 15.2. The van der Waals surface area contributed by atoms with Crippen molar-refractivity contribution in [2.24, 2.45) is 35.5 Å². The summed E-state index contributed by atoms with van der Waals surface area (Å²) in [5, 5.41) is 0. The van der Waals surface area contributed by atoms with Crippen LogP contribution < -0.4 is 9.47 Å². The van der Waals surface area contributed by atoms with Crippen molar-refractivity contribution < 1.29 is 44.6 Å². The molecule has 10 heteroatoms. The summed E-state index contributed by atoms with van der Waals surface area (Å²) in [6.07, 6.45) is 3.78. The summed E-state index contributed by atoms with van der Waals surface area (Å²) in [5.74, 6) is -7.17. The lowest BCUT2D eigenvalue weighted by Crippen LogP contribution is -2.37. The first-order valence-corrected chi connectivity index (χ1v) is 15.3. The maximum Gasteiger partial charge on any atom is 0.400 e. The van der Waals surface area contributed by atoms with Gasteiger partial charge >= 0.3 is 12.2 Å². The number of halogens is 8. The molecule has 3 fully saturated rings. The van der Waals surface area contributed by atoms with Gasteiger partial charge in [-0.05, 0) is 82.0 Å².